The zero-order valence-electron chi connectivity index (χ0n) is 19.7. The van der Waals surface area contributed by atoms with Crippen LogP contribution in [0.15, 0.2) is 53.2 Å². The number of ether oxygens (including phenoxy) is 1. The Morgan fingerprint density at radius 1 is 1.15 bits per heavy atom. The Kier molecular flexibility index (Phi) is 6.29. The summed E-state index contributed by atoms with van der Waals surface area (Å²) < 4.78 is 5.76. The van der Waals surface area contributed by atoms with E-state index in [1.54, 1.807) is 13.3 Å². The van der Waals surface area contributed by atoms with Gasteiger partial charge in [-0.05, 0) is 44.2 Å². The average Bonchev–Trinajstić information content (AvgIpc) is 2.80. The van der Waals surface area contributed by atoms with Crippen molar-refractivity contribution >= 4 is 23.5 Å². The van der Waals surface area contributed by atoms with Gasteiger partial charge in [0, 0.05) is 55.9 Å². The fourth-order valence-electron chi connectivity index (χ4n) is 4.48. The number of carbonyl (C=O) groups is 1. The number of nitrogens with two attached hydrogens (primary N) is 1. The molecule has 1 saturated heterocycles. The molecule has 1 atom stereocenters. The van der Waals surface area contributed by atoms with Crippen molar-refractivity contribution in [1.82, 2.24) is 10.2 Å². The number of aliphatic imine (C=N–C) groups is 1. The first-order chi connectivity index (χ1) is 15.8. The number of amides is 1. The third kappa shape index (κ3) is 4.52. The summed E-state index contributed by atoms with van der Waals surface area (Å²) in [6.07, 6.45) is 3.14. The molecule has 2 aliphatic rings. The molecule has 2 heterocycles. The lowest BCUT2D eigenvalue weighted by Gasteiger charge is -2.37. The Bertz CT molecular complexity index is 1080. The molecule has 0 saturated carbocycles. The van der Waals surface area contributed by atoms with E-state index in [2.05, 4.69) is 33.5 Å². The minimum absolute atomic E-state index is 0.321. The topological polar surface area (TPSA) is 95.2 Å². The molecule has 2 aromatic carbocycles. The lowest BCUT2D eigenvalue weighted by molar-refractivity contribution is -0.114. The largest absolute Gasteiger partial charge is 0.495 e. The molecule has 8 nitrogen and oxygen atoms in total. The van der Waals surface area contributed by atoms with Crippen molar-refractivity contribution in [3.63, 3.8) is 0 Å². The maximum Gasteiger partial charge on any atom is 0.251 e. The smallest absolute Gasteiger partial charge is 0.251 e. The number of hydrogen-bond donors (Lipinski definition) is 3. The lowest BCUT2D eigenvalue weighted by Crippen LogP contribution is -2.48. The number of nitrogens with zero attached hydrogens (tertiary/aromatic N) is 3. The highest BCUT2D eigenvalue weighted by molar-refractivity contribution is 6.11. The summed E-state index contributed by atoms with van der Waals surface area (Å²) in [5.41, 5.74) is 10.8. The van der Waals surface area contributed by atoms with E-state index >= 15 is 0 Å². The minimum atomic E-state index is -0.991. The standard InChI is InChI=1S/C25H32N6O2/c1-17-6-5-7-18(2)23(17)25(27-15-19(16-28-25)24(26)32)29-20-8-9-21(22(14-20)33-4)31-12-10-30(3)11-13-31/h5-9,14-16,27,29H,10-13H2,1-4H3,(H2,26,32). The first kappa shape index (κ1) is 22.7. The van der Waals surface area contributed by atoms with Gasteiger partial charge >= 0.3 is 0 Å². The number of aryl methyl sites for hydroxylation is 2. The lowest BCUT2D eigenvalue weighted by atomic mass is 9.95. The summed E-state index contributed by atoms with van der Waals surface area (Å²) in [5, 5.41) is 6.85. The molecular weight excluding hydrogens is 416 g/mol. The van der Waals surface area contributed by atoms with Gasteiger partial charge in [-0.2, -0.15) is 0 Å². The van der Waals surface area contributed by atoms with E-state index in [1.165, 1.54) is 6.21 Å². The Labute approximate surface area is 195 Å². The third-order valence-electron chi connectivity index (χ3n) is 6.31. The molecule has 1 fully saturated rings. The quantitative estimate of drug-likeness (QED) is 0.628. The zero-order chi connectivity index (χ0) is 23.6. The second kappa shape index (κ2) is 9.15. The van der Waals surface area contributed by atoms with Crippen molar-refractivity contribution < 1.29 is 9.53 Å². The number of nitrogens with one attached hydrogen (secondary N) is 2. The third-order valence-corrected chi connectivity index (χ3v) is 6.31. The molecule has 1 unspecified atom stereocenters. The maximum atomic E-state index is 11.7. The van der Waals surface area contributed by atoms with Crippen LogP contribution >= 0.6 is 0 Å². The number of primary amides is 1. The predicted octanol–water partition coefficient (Wildman–Crippen LogP) is 2.33. The van der Waals surface area contributed by atoms with Crippen LogP contribution in [0.1, 0.15) is 16.7 Å². The van der Waals surface area contributed by atoms with Crippen molar-refractivity contribution in [2.75, 3.05) is 50.6 Å². The zero-order valence-corrected chi connectivity index (χ0v) is 19.7. The van der Waals surface area contributed by atoms with Gasteiger partial charge in [-0.15, -0.1) is 0 Å². The van der Waals surface area contributed by atoms with Crippen molar-refractivity contribution in [3.8, 4) is 5.75 Å². The summed E-state index contributed by atoms with van der Waals surface area (Å²) in [7, 11) is 3.84. The van der Waals surface area contributed by atoms with Crippen LogP contribution in [0.4, 0.5) is 11.4 Å². The van der Waals surface area contributed by atoms with Crippen molar-refractivity contribution in [1.29, 1.82) is 0 Å². The van der Waals surface area contributed by atoms with Crippen LogP contribution in [0, 0.1) is 13.8 Å². The molecule has 33 heavy (non-hydrogen) atoms. The number of piperazine rings is 1. The van der Waals surface area contributed by atoms with E-state index in [4.69, 9.17) is 15.5 Å². The van der Waals surface area contributed by atoms with E-state index in [1.807, 2.05) is 44.2 Å². The first-order valence-electron chi connectivity index (χ1n) is 11.1. The Morgan fingerprint density at radius 3 is 2.42 bits per heavy atom. The van der Waals surface area contributed by atoms with Gasteiger partial charge in [-0.1, -0.05) is 18.2 Å². The number of rotatable bonds is 6. The van der Waals surface area contributed by atoms with Gasteiger partial charge in [0.2, 0.25) is 5.79 Å². The highest BCUT2D eigenvalue weighted by Gasteiger charge is 2.36. The van der Waals surface area contributed by atoms with E-state index in [0.29, 0.717) is 5.57 Å². The Hall–Kier alpha value is -3.52. The van der Waals surface area contributed by atoms with Gasteiger partial charge in [0.15, 0.2) is 0 Å². The summed E-state index contributed by atoms with van der Waals surface area (Å²) in [4.78, 5) is 21.1. The number of carbonyl (C=O) groups excluding carboxylic acids is 1. The highest BCUT2D eigenvalue weighted by Crippen LogP contribution is 2.36. The molecule has 2 aliphatic heterocycles. The molecule has 4 rings (SSSR count). The molecule has 174 valence electrons. The number of anilines is 2. The van der Waals surface area contributed by atoms with Gasteiger partial charge < -0.3 is 30.9 Å². The number of methoxy groups -OCH3 is 1. The molecule has 1 amide bonds. The van der Waals surface area contributed by atoms with Gasteiger partial charge in [0.05, 0.1) is 18.4 Å². The van der Waals surface area contributed by atoms with Crippen LogP contribution in [-0.4, -0.2) is 57.4 Å². The van der Waals surface area contributed by atoms with Crippen molar-refractivity contribution in [3.05, 3.63) is 64.9 Å². The van der Waals surface area contributed by atoms with Crippen LogP contribution in [-0.2, 0) is 10.6 Å². The highest BCUT2D eigenvalue weighted by atomic mass is 16.5. The summed E-state index contributed by atoms with van der Waals surface area (Å²) >= 11 is 0. The molecule has 2 aromatic rings. The minimum Gasteiger partial charge on any atom is -0.495 e. The van der Waals surface area contributed by atoms with E-state index in [-0.39, 0.29) is 0 Å². The van der Waals surface area contributed by atoms with Crippen LogP contribution < -0.4 is 26.0 Å². The summed E-state index contributed by atoms with van der Waals surface area (Å²) in [6.45, 7) is 8.05. The van der Waals surface area contributed by atoms with E-state index in [0.717, 1.165) is 60.0 Å². The van der Waals surface area contributed by atoms with Gasteiger partial charge in [-0.25, -0.2) is 4.99 Å². The molecule has 0 aliphatic carbocycles. The van der Waals surface area contributed by atoms with Crippen molar-refractivity contribution in [2.45, 2.75) is 19.6 Å². The summed E-state index contributed by atoms with van der Waals surface area (Å²) in [5.74, 6) is -0.719. The second-order valence-corrected chi connectivity index (χ2v) is 8.65. The van der Waals surface area contributed by atoms with Crippen LogP contribution in [0.25, 0.3) is 0 Å². The fraction of sp³-hybridized carbons (Fsp3) is 0.360. The SMILES string of the molecule is COc1cc(NC2(c3c(C)cccc3C)N=CC(C(N)=O)=CN2)ccc1N1CCN(C)CC1. The first-order valence-corrected chi connectivity index (χ1v) is 11.1. The van der Waals surface area contributed by atoms with Gasteiger partial charge in [0.1, 0.15) is 5.75 Å². The normalized spacial score (nSPS) is 20.7. The number of hydrogen-bond acceptors (Lipinski definition) is 7. The Balaban J connectivity index is 1.70. The van der Waals surface area contributed by atoms with Crippen LogP contribution in [0.5, 0.6) is 5.75 Å². The molecule has 8 heteroatoms. The van der Waals surface area contributed by atoms with Gasteiger partial charge in [-0.3, -0.25) is 4.79 Å². The number of likely N-dealkylation sites (N-methyl/N-ethyl adjacent to an activating group) is 1. The Morgan fingerprint density at radius 2 is 1.85 bits per heavy atom. The molecule has 4 N–H and O–H groups in total. The predicted molar refractivity (Wildman–Crippen MR) is 133 cm³/mol. The second-order valence-electron chi connectivity index (χ2n) is 8.65. The fourth-order valence-corrected chi connectivity index (χ4v) is 4.48. The average molecular weight is 449 g/mol. The molecular formula is C25H32N6O2. The maximum absolute atomic E-state index is 11.7. The molecule has 0 bridgehead atoms. The summed E-state index contributed by atoms with van der Waals surface area (Å²) in [6, 6.07) is 12.2. The van der Waals surface area contributed by atoms with Crippen molar-refractivity contribution in [2.24, 2.45) is 10.7 Å². The van der Waals surface area contributed by atoms with Crippen LogP contribution in [0.2, 0.25) is 0 Å². The van der Waals surface area contributed by atoms with E-state index < -0.39 is 11.7 Å². The number of benzene rings is 2. The molecule has 0 aromatic heterocycles. The monoisotopic (exact) mass is 448 g/mol. The van der Waals surface area contributed by atoms with E-state index in [9.17, 15) is 4.79 Å². The van der Waals surface area contributed by atoms with Crippen LogP contribution in [0.3, 0.4) is 0 Å². The van der Waals surface area contributed by atoms with Gasteiger partial charge in [0.25, 0.3) is 5.91 Å². The molecule has 0 radical (unpaired) electrons. The molecule has 0 spiro atoms.